The number of aliphatic imine (C=N–C) groups is 1. The lowest BCUT2D eigenvalue weighted by molar-refractivity contribution is 0.0921. The summed E-state index contributed by atoms with van der Waals surface area (Å²) >= 11 is 0. The lowest BCUT2D eigenvalue weighted by Gasteiger charge is -2.22. The Morgan fingerprint density at radius 3 is 2.55 bits per heavy atom. The molecule has 0 radical (unpaired) electrons. The van der Waals surface area contributed by atoms with Crippen molar-refractivity contribution in [2.75, 3.05) is 43.5 Å². The maximum atomic E-state index is 12.7. The number of aromatic nitrogens is 2. The van der Waals surface area contributed by atoms with Crippen LogP contribution >= 0.6 is 0 Å². The molecule has 1 atom stereocenters. The zero-order valence-corrected chi connectivity index (χ0v) is 21.6. The van der Waals surface area contributed by atoms with Gasteiger partial charge in [0.15, 0.2) is 18.2 Å². The van der Waals surface area contributed by atoms with Crippen LogP contribution in [0.15, 0.2) is 65.7 Å². The Bertz CT molecular complexity index is 1420. The van der Waals surface area contributed by atoms with Crippen molar-refractivity contribution in [1.82, 2.24) is 9.97 Å². The second-order valence-electron chi connectivity index (χ2n) is 9.85. The van der Waals surface area contributed by atoms with Gasteiger partial charge in [0.25, 0.3) is 0 Å². The number of carbonyl (C=O) groups excluding carboxylic acids is 1. The predicted molar refractivity (Wildman–Crippen MR) is 153 cm³/mol. The highest BCUT2D eigenvalue weighted by atomic mass is 16.5. The van der Waals surface area contributed by atoms with Crippen molar-refractivity contribution >= 4 is 35.2 Å². The van der Waals surface area contributed by atoms with Crippen molar-refractivity contribution in [2.45, 2.75) is 25.2 Å². The summed E-state index contributed by atoms with van der Waals surface area (Å²) in [4.78, 5) is 28.8. The Hall–Kier alpha value is -4.26. The molecule has 1 aliphatic carbocycles. The number of carbonyl (C=O) groups is 1. The van der Waals surface area contributed by atoms with Crippen molar-refractivity contribution in [3.05, 3.63) is 88.9 Å². The normalized spacial score (nSPS) is 17.9. The fourth-order valence-electron chi connectivity index (χ4n) is 5.28. The Morgan fingerprint density at radius 1 is 1.05 bits per heavy atom. The molecular formula is C31H31N5O2. The maximum Gasteiger partial charge on any atom is 0.200 e. The quantitative estimate of drug-likeness (QED) is 0.424. The van der Waals surface area contributed by atoms with Crippen LogP contribution in [-0.4, -0.2) is 55.3 Å². The molecule has 7 heteroatoms. The number of ether oxygens (including phenoxy) is 1. The summed E-state index contributed by atoms with van der Waals surface area (Å²) in [5, 5.41) is 3.25. The van der Waals surface area contributed by atoms with Crippen LogP contribution < -0.4 is 15.0 Å². The first-order valence-electron chi connectivity index (χ1n) is 13.3. The van der Waals surface area contributed by atoms with Crippen LogP contribution in [0.3, 0.4) is 0 Å². The third-order valence-corrected chi connectivity index (χ3v) is 7.43. The molecule has 0 bridgehead atoms. The largest absolute Gasteiger partial charge is 0.485 e. The number of nitrogens with zero attached hydrogens (tertiary/aromatic N) is 4. The summed E-state index contributed by atoms with van der Waals surface area (Å²) in [6.45, 7) is 2.89. The van der Waals surface area contributed by atoms with Crippen LogP contribution in [0.1, 0.15) is 51.8 Å². The summed E-state index contributed by atoms with van der Waals surface area (Å²) < 4.78 is 5.83. The highest BCUT2D eigenvalue weighted by Crippen LogP contribution is 2.34. The van der Waals surface area contributed by atoms with Crippen molar-refractivity contribution in [3.63, 3.8) is 0 Å². The molecule has 0 saturated carbocycles. The molecule has 2 aromatic carbocycles. The predicted octanol–water partition coefficient (Wildman–Crippen LogP) is 5.20. The molecule has 0 amide bonds. The van der Waals surface area contributed by atoms with Gasteiger partial charge in [-0.2, -0.15) is 0 Å². The number of fused-ring (bicyclic) bond motifs is 1. The van der Waals surface area contributed by atoms with Gasteiger partial charge in [-0.05, 0) is 67.3 Å². The minimum absolute atomic E-state index is 0.0193. The van der Waals surface area contributed by atoms with Gasteiger partial charge in [-0.25, -0.2) is 9.97 Å². The zero-order chi connectivity index (χ0) is 25.9. The molecule has 2 aliphatic heterocycles. The van der Waals surface area contributed by atoms with Crippen LogP contribution in [0.25, 0.3) is 11.6 Å². The fourth-order valence-corrected chi connectivity index (χ4v) is 5.28. The number of allylic oxidation sites excluding steroid dienone is 2. The SMILES string of the molecule is CNc1nc(C2=CCN=C2)nc2c1CC(c1ccc(OCC(=O)c3ccc(N4CCCC4)cc3)cc1)C=C2. The first kappa shape index (κ1) is 24.1. The van der Waals surface area contributed by atoms with Crippen LogP contribution in [-0.2, 0) is 6.42 Å². The van der Waals surface area contributed by atoms with Gasteiger partial charge >= 0.3 is 0 Å². The first-order valence-corrected chi connectivity index (χ1v) is 13.3. The maximum absolute atomic E-state index is 12.7. The second kappa shape index (κ2) is 10.6. The van der Waals surface area contributed by atoms with Crippen molar-refractivity contribution in [3.8, 4) is 5.75 Å². The minimum atomic E-state index is -0.0209. The van der Waals surface area contributed by atoms with Crippen molar-refractivity contribution in [1.29, 1.82) is 0 Å². The molecule has 1 unspecified atom stereocenters. The number of nitrogens with one attached hydrogen (secondary N) is 1. The van der Waals surface area contributed by atoms with Gasteiger partial charge in [0.2, 0.25) is 0 Å². The van der Waals surface area contributed by atoms with E-state index in [1.165, 1.54) is 24.1 Å². The van der Waals surface area contributed by atoms with E-state index in [0.717, 1.165) is 42.2 Å². The van der Waals surface area contributed by atoms with Gasteiger partial charge in [0.1, 0.15) is 11.6 Å². The number of Topliss-reactive ketones (excluding diaryl/α,β-unsaturated/α-hetero) is 1. The monoisotopic (exact) mass is 505 g/mol. The highest BCUT2D eigenvalue weighted by molar-refractivity contribution is 6.10. The Balaban J connectivity index is 1.09. The molecule has 1 saturated heterocycles. The molecule has 192 valence electrons. The van der Waals surface area contributed by atoms with E-state index in [1.54, 1.807) is 0 Å². The summed E-state index contributed by atoms with van der Waals surface area (Å²) in [5.41, 5.74) is 6.07. The van der Waals surface area contributed by atoms with Gasteiger partial charge in [-0.3, -0.25) is 9.79 Å². The van der Waals surface area contributed by atoms with E-state index in [4.69, 9.17) is 14.7 Å². The molecule has 38 heavy (non-hydrogen) atoms. The highest BCUT2D eigenvalue weighted by Gasteiger charge is 2.22. The average Bonchev–Trinajstić information content (AvgIpc) is 3.71. The van der Waals surface area contributed by atoms with Crippen LogP contribution in [0.5, 0.6) is 5.75 Å². The summed E-state index contributed by atoms with van der Waals surface area (Å²) in [6, 6.07) is 15.9. The lowest BCUT2D eigenvalue weighted by atomic mass is 9.87. The van der Waals surface area contributed by atoms with E-state index in [0.29, 0.717) is 23.7 Å². The van der Waals surface area contributed by atoms with E-state index in [1.807, 2.05) is 55.7 Å². The van der Waals surface area contributed by atoms with Gasteiger partial charge < -0.3 is 15.0 Å². The number of anilines is 2. The molecule has 7 nitrogen and oxygen atoms in total. The van der Waals surface area contributed by atoms with Crippen LogP contribution in [0.2, 0.25) is 0 Å². The number of rotatable bonds is 8. The third kappa shape index (κ3) is 4.96. The minimum Gasteiger partial charge on any atom is -0.485 e. The smallest absolute Gasteiger partial charge is 0.200 e. The van der Waals surface area contributed by atoms with E-state index in [2.05, 4.69) is 39.5 Å². The standard InChI is InChI=1S/C31H31N5O2/c1-32-31-27-18-23(8-13-28(27)34-30(35-31)24-14-15-33-19-24)21-6-11-26(12-7-21)38-20-29(37)22-4-9-25(10-5-22)36-16-2-3-17-36/h4-14,19,23H,2-3,15-18,20H2,1H3,(H,32,34,35). The van der Waals surface area contributed by atoms with E-state index in [9.17, 15) is 4.79 Å². The van der Waals surface area contributed by atoms with Gasteiger partial charge in [0.05, 0.1) is 12.2 Å². The summed E-state index contributed by atoms with van der Waals surface area (Å²) in [5.74, 6) is 2.43. The van der Waals surface area contributed by atoms with Gasteiger partial charge in [-0.1, -0.05) is 24.3 Å². The third-order valence-electron chi connectivity index (χ3n) is 7.43. The first-order chi connectivity index (χ1) is 18.7. The Morgan fingerprint density at radius 2 is 1.84 bits per heavy atom. The van der Waals surface area contributed by atoms with Crippen molar-refractivity contribution in [2.24, 2.45) is 4.99 Å². The molecule has 3 aromatic rings. The molecular weight excluding hydrogens is 474 g/mol. The van der Waals surface area contributed by atoms with Gasteiger partial charge in [0, 0.05) is 54.7 Å². The van der Waals surface area contributed by atoms with E-state index in [-0.39, 0.29) is 18.3 Å². The van der Waals surface area contributed by atoms with Crippen LogP contribution in [0, 0.1) is 0 Å². The molecule has 6 rings (SSSR count). The van der Waals surface area contributed by atoms with E-state index >= 15 is 0 Å². The molecule has 3 aliphatic rings. The fraction of sp³-hybridized carbons (Fsp3) is 0.290. The second-order valence-corrected chi connectivity index (χ2v) is 9.85. The molecule has 3 heterocycles. The zero-order valence-electron chi connectivity index (χ0n) is 21.6. The Labute approximate surface area is 223 Å². The summed E-state index contributed by atoms with van der Waals surface area (Å²) in [6.07, 6.45) is 11.4. The molecule has 1 fully saturated rings. The Kier molecular flexibility index (Phi) is 6.73. The number of hydrogen-bond acceptors (Lipinski definition) is 7. The molecule has 0 spiro atoms. The summed E-state index contributed by atoms with van der Waals surface area (Å²) in [7, 11) is 1.90. The van der Waals surface area contributed by atoms with Gasteiger partial charge in [-0.15, -0.1) is 0 Å². The lowest BCUT2D eigenvalue weighted by Crippen LogP contribution is -2.18. The number of hydrogen-bond donors (Lipinski definition) is 1. The van der Waals surface area contributed by atoms with Crippen molar-refractivity contribution < 1.29 is 9.53 Å². The average molecular weight is 506 g/mol. The number of ketones is 1. The van der Waals surface area contributed by atoms with Crippen LogP contribution in [0.4, 0.5) is 11.5 Å². The number of benzene rings is 2. The molecule has 1 N–H and O–H groups in total. The molecule has 1 aromatic heterocycles. The van der Waals surface area contributed by atoms with E-state index < -0.39 is 0 Å². The topological polar surface area (TPSA) is 79.7 Å².